The molecule has 1 aliphatic carbocycles. The lowest BCUT2D eigenvalue weighted by Gasteiger charge is -2.37. The molecule has 2 atom stereocenters. The third kappa shape index (κ3) is 3.43. The van der Waals surface area contributed by atoms with Crippen molar-refractivity contribution in [1.29, 1.82) is 0 Å². The second kappa shape index (κ2) is 6.89. The summed E-state index contributed by atoms with van der Waals surface area (Å²) in [5.74, 6) is -1.28. The fourth-order valence-corrected chi connectivity index (χ4v) is 3.55. The molecule has 130 valence electrons. The highest BCUT2D eigenvalue weighted by atomic mass is 19.1. The highest BCUT2D eigenvalue weighted by Crippen LogP contribution is 2.44. The number of ether oxygens (including phenoxy) is 1. The molecule has 0 unspecified atom stereocenters. The van der Waals surface area contributed by atoms with Crippen LogP contribution in [-0.2, 0) is 14.3 Å². The van der Waals surface area contributed by atoms with E-state index in [0.29, 0.717) is 26.0 Å². The molecule has 1 saturated heterocycles. The Bertz CT molecular complexity index is 612. The Morgan fingerprint density at radius 3 is 2.58 bits per heavy atom. The van der Waals surface area contributed by atoms with Gasteiger partial charge < -0.3 is 15.2 Å². The number of halogens is 1. The van der Waals surface area contributed by atoms with Crippen LogP contribution < -0.4 is 5.32 Å². The third-order valence-corrected chi connectivity index (χ3v) is 5.24. The summed E-state index contributed by atoms with van der Waals surface area (Å²) in [4.78, 5) is 23.5. The van der Waals surface area contributed by atoms with E-state index in [1.807, 2.05) is 0 Å². The fourth-order valence-electron chi connectivity index (χ4n) is 3.55. The molecular weight excluding hydrogens is 313 g/mol. The number of hydrogen-bond donors (Lipinski definition) is 2. The summed E-state index contributed by atoms with van der Waals surface area (Å²) in [7, 11) is 0. The average molecular weight is 335 g/mol. The molecule has 0 bridgehead atoms. The van der Waals surface area contributed by atoms with Crippen molar-refractivity contribution in [2.24, 2.45) is 11.3 Å². The molecule has 1 aliphatic heterocycles. The average Bonchev–Trinajstić information content (AvgIpc) is 2.97. The topological polar surface area (TPSA) is 75.6 Å². The minimum absolute atomic E-state index is 0.0388. The van der Waals surface area contributed by atoms with Gasteiger partial charge in [-0.1, -0.05) is 18.6 Å². The van der Waals surface area contributed by atoms with Crippen molar-refractivity contribution in [2.45, 2.75) is 38.2 Å². The van der Waals surface area contributed by atoms with Gasteiger partial charge in [0.05, 0.1) is 11.5 Å². The van der Waals surface area contributed by atoms with Gasteiger partial charge in [-0.15, -0.1) is 0 Å². The SMILES string of the molecule is O=C(CC1(C(=O)O)CCC1)NC[C@@H]1CCO[C@H]1c1ccc(F)cc1. The normalized spacial score (nSPS) is 25.0. The standard InChI is InChI=1S/C18H22FNO4/c19-14-4-2-12(3-5-14)16-13(6-9-24-16)11-20-15(21)10-18(17(22)23)7-1-8-18/h2-5,13,16H,1,6-11H2,(H,20,21)(H,22,23)/t13-,16-/m0/s1. The molecule has 1 aromatic carbocycles. The summed E-state index contributed by atoms with van der Waals surface area (Å²) >= 11 is 0. The van der Waals surface area contributed by atoms with Gasteiger partial charge in [0.25, 0.3) is 0 Å². The van der Waals surface area contributed by atoms with E-state index in [1.165, 1.54) is 12.1 Å². The number of carboxylic acids is 1. The molecule has 3 rings (SSSR count). The van der Waals surface area contributed by atoms with Crippen molar-refractivity contribution in [3.05, 3.63) is 35.6 Å². The number of carbonyl (C=O) groups is 2. The number of nitrogens with one attached hydrogen (secondary N) is 1. The lowest BCUT2D eigenvalue weighted by molar-refractivity contribution is -0.157. The van der Waals surface area contributed by atoms with Crippen molar-refractivity contribution < 1.29 is 23.8 Å². The lowest BCUT2D eigenvalue weighted by Crippen LogP contribution is -2.43. The predicted octanol–water partition coefficient (Wildman–Crippen LogP) is 2.66. The number of carboxylic acid groups (broad SMARTS) is 1. The highest BCUT2D eigenvalue weighted by Gasteiger charge is 2.46. The van der Waals surface area contributed by atoms with Crippen LogP contribution in [0.5, 0.6) is 0 Å². The molecule has 1 heterocycles. The molecule has 1 aromatic rings. The van der Waals surface area contributed by atoms with Crippen molar-refractivity contribution in [3.8, 4) is 0 Å². The van der Waals surface area contributed by atoms with Gasteiger partial charge >= 0.3 is 5.97 Å². The van der Waals surface area contributed by atoms with Crippen LogP contribution in [0.25, 0.3) is 0 Å². The second-order valence-electron chi connectivity index (χ2n) is 6.81. The van der Waals surface area contributed by atoms with E-state index in [9.17, 15) is 19.1 Å². The van der Waals surface area contributed by atoms with E-state index >= 15 is 0 Å². The Labute approximate surface area is 140 Å². The summed E-state index contributed by atoms with van der Waals surface area (Å²) in [5, 5.41) is 12.2. The minimum Gasteiger partial charge on any atom is -0.481 e. The second-order valence-corrected chi connectivity index (χ2v) is 6.81. The molecular formula is C18H22FNO4. The number of carbonyl (C=O) groups excluding carboxylic acids is 1. The number of benzene rings is 1. The van der Waals surface area contributed by atoms with Crippen molar-refractivity contribution in [3.63, 3.8) is 0 Å². The van der Waals surface area contributed by atoms with E-state index < -0.39 is 11.4 Å². The van der Waals surface area contributed by atoms with E-state index in [0.717, 1.165) is 18.4 Å². The van der Waals surface area contributed by atoms with Crippen LogP contribution in [0.4, 0.5) is 4.39 Å². The van der Waals surface area contributed by atoms with Gasteiger partial charge in [0, 0.05) is 25.5 Å². The number of aliphatic carboxylic acids is 1. The van der Waals surface area contributed by atoms with Gasteiger partial charge in [-0.2, -0.15) is 0 Å². The van der Waals surface area contributed by atoms with Crippen LogP contribution in [0.15, 0.2) is 24.3 Å². The Hall–Kier alpha value is -1.95. The molecule has 2 aliphatic rings. The zero-order valence-electron chi connectivity index (χ0n) is 13.5. The van der Waals surface area contributed by atoms with Crippen molar-refractivity contribution in [2.75, 3.05) is 13.2 Å². The van der Waals surface area contributed by atoms with Gasteiger partial charge in [0.15, 0.2) is 0 Å². The Morgan fingerprint density at radius 1 is 1.29 bits per heavy atom. The fraction of sp³-hybridized carbons (Fsp3) is 0.556. The molecule has 2 N–H and O–H groups in total. The zero-order valence-corrected chi connectivity index (χ0v) is 13.5. The summed E-state index contributed by atoms with van der Waals surface area (Å²) in [5.41, 5.74) is 0.0289. The van der Waals surface area contributed by atoms with Gasteiger partial charge in [0.1, 0.15) is 5.82 Å². The van der Waals surface area contributed by atoms with E-state index in [4.69, 9.17) is 4.74 Å². The number of rotatable bonds is 6. The van der Waals surface area contributed by atoms with Gasteiger partial charge in [-0.05, 0) is 37.0 Å². The van der Waals surface area contributed by atoms with E-state index in [-0.39, 0.29) is 30.2 Å². The molecule has 2 fully saturated rings. The molecule has 24 heavy (non-hydrogen) atoms. The monoisotopic (exact) mass is 335 g/mol. The first-order chi connectivity index (χ1) is 11.5. The first kappa shape index (κ1) is 16.9. The quantitative estimate of drug-likeness (QED) is 0.838. The summed E-state index contributed by atoms with van der Waals surface area (Å²) in [6.45, 7) is 1.04. The van der Waals surface area contributed by atoms with Crippen LogP contribution in [0, 0.1) is 17.2 Å². The van der Waals surface area contributed by atoms with Crippen molar-refractivity contribution in [1.82, 2.24) is 5.32 Å². The summed E-state index contributed by atoms with van der Waals surface area (Å²) < 4.78 is 18.8. The third-order valence-electron chi connectivity index (χ3n) is 5.24. The summed E-state index contributed by atoms with van der Waals surface area (Å²) in [6.07, 6.45) is 2.69. The maximum Gasteiger partial charge on any atom is 0.310 e. The molecule has 0 aromatic heterocycles. The molecule has 0 spiro atoms. The number of amides is 1. The predicted molar refractivity (Wildman–Crippen MR) is 84.7 cm³/mol. The van der Waals surface area contributed by atoms with Crippen LogP contribution in [0.1, 0.15) is 43.8 Å². The first-order valence-corrected chi connectivity index (χ1v) is 8.37. The summed E-state index contributed by atoms with van der Waals surface area (Å²) in [6, 6.07) is 6.21. The molecule has 1 amide bonds. The van der Waals surface area contributed by atoms with E-state index in [2.05, 4.69) is 5.32 Å². The van der Waals surface area contributed by atoms with Gasteiger partial charge in [-0.25, -0.2) is 4.39 Å². The lowest BCUT2D eigenvalue weighted by atomic mass is 9.66. The van der Waals surface area contributed by atoms with Crippen LogP contribution in [-0.4, -0.2) is 30.1 Å². The van der Waals surface area contributed by atoms with Crippen LogP contribution in [0.3, 0.4) is 0 Å². The van der Waals surface area contributed by atoms with E-state index in [1.54, 1.807) is 12.1 Å². The van der Waals surface area contributed by atoms with Crippen LogP contribution in [0.2, 0.25) is 0 Å². The molecule has 5 nitrogen and oxygen atoms in total. The Morgan fingerprint density at radius 2 is 2.00 bits per heavy atom. The number of hydrogen-bond acceptors (Lipinski definition) is 3. The highest BCUT2D eigenvalue weighted by molar-refractivity contribution is 5.85. The van der Waals surface area contributed by atoms with Crippen LogP contribution >= 0.6 is 0 Å². The van der Waals surface area contributed by atoms with Gasteiger partial charge in [-0.3, -0.25) is 9.59 Å². The Kier molecular flexibility index (Phi) is 4.85. The van der Waals surface area contributed by atoms with Crippen molar-refractivity contribution >= 4 is 11.9 Å². The van der Waals surface area contributed by atoms with Gasteiger partial charge in [0.2, 0.25) is 5.91 Å². The largest absolute Gasteiger partial charge is 0.481 e. The smallest absolute Gasteiger partial charge is 0.310 e. The molecule has 0 radical (unpaired) electrons. The Balaban J connectivity index is 1.54. The maximum atomic E-state index is 13.0. The molecule has 1 saturated carbocycles. The zero-order chi connectivity index (χ0) is 17.2. The molecule has 6 heteroatoms. The minimum atomic E-state index is -0.878. The first-order valence-electron chi connectivity index (χ1n) is 8.37. The maximum absolute atomic E-state index is 13.0.